The minimum absolute atomic E-state index is 0.135. The van der Waals surface area contributed by atoms with E-state index < -0.39 is 5.91 Å². The molecule has 82 valence electrons. The van der Waals surface area contributed by atoms with Gasteiger partial charge in [-0.3, -0.25) is 14.4 Å². The Morgan fingerprint density at radius 3 is 2.87 bits per heavy atom. The first kappa shape index (κ1) is 11.3. The lowest BCUT2D eigenvalue weighted by atomic mass is 10.4. The lowest BCUT2D eigenvalue weighted by Gasteiger charge is -2.13. The molecule has 1 aromatic heterocycles. The molecule has 0 atom stereocenters. The van der Waals surface area contributed by atoms with Crippen LogP contribution in [0.4, 0.5) is 0 Å². The highest BCUT2D eigenvalue weighted by Gasteiger charge is 2.12. The van der Waals surface area contributed by atoms with Gasteiger partial charge in [0.2, 0.25) is 0 Å². The summed E-state index contributed by atoms with van der Waals surface area (Å²) >= 11 is 0. The van der Waals surface area contributed by atoms with E-state index in [-0.39, 0.29) is 18.2 Å². The highest BCUT2D eigenvalue weighted by Crippen LogP contribution is 1.98. The summed E-state index contributed by atoms with van der Waals surface area (Å²) in [7, 11) is 2.83. The molecule has 2 amide bonds. The summed E-state index contributed by atoms with van der Waals surface area (Å²) in [6.07, 6.45) is 1.39. The fraction of sp³-hybridized carbons (Fsp3) is 0.333. The molecule has 0 aliphatic heterocycles. The standard InChI is InChI=1S/C9H12N2O4/c1-11(14-2)8(12)6-10-9(13)7-4-3-5-15-7/h3-5H,6H2,1-2H3,(H,10,13). The number of hydrogen-bond donors (Lipinski definition) is 1. The average Bonchev–Trinajstić information content (AvgIpc) is 2.77. The summed E-state index contributed by atoms with van der Waals surface area (Å²) in [5.41, 5.74) is 0. The van der Waals surface area contributed by atoms with E-state index in [1.165, 1.54) is 26.5 Å². The Morgan fingerprint density at radius 2 is 2.33 bits per heavy atom. The van der Waals surface area contributed by atoms with Gasteiger partial charge in [-0.05, 0) is 12.1 Å². The smallest absolute Gasteiger partial charge is 0.287 e. The lowest BCUT2D eigenvalue weighted by molar-refractivity contribution is -0.167. The number of carbonyl (C=O) groups is 2. The highest BCUT2D eigenvalue weighted by atomic mass is 16.7. The Bertz CT molecular complexity index is 334. The Balaban J connectivity index is 2.38. The molecule has 0 radical (unpaired) electrons. The molecule has 15 heavy (non-hydrogen) atoms. The van der Waals surface area contributed by atoms with Crippen molar-refractivity contribution in [2.45, 2.75) is 0 Å². The van der Waals surface area contributed by atoms with E-state index in [0.717, 1.165) is 5.06 Å². The quantitative estimate of drug-likeness (QED) is 0.715. The molecule has 1 heterocycles. The molecule has 0 spiro atoms. The molecule has 6 nitrogen and oxygen atoms in total. The summed E-state index contributed by atoms with van der Waals surface area (Å²) in [6.45, 7) is -0.135. The molecule has 0 fully saturated rings. The molecule has 1 rings (SSSR count). The van der Waals surface area contributed by atoms with Gasteiger partial charge in [-0.1, -0.05) is 0 Å². The van der Waals surface area contributed by atoms with Crippen LogP contribution in [-0.2, 0) is 9.63 Å². The molecule has 0 aliphatic carbocycles. The third kappa shape index (κ3) is 3.10. The minimum atomic E-state index is -0.433. The van der Waals surface area contributed by atoms with Crippen molar-refractivity contribution >= 4 is 11.8 Å². The van der Waals surface area contributed by atoms with Crippen LogP contribution in [-0.4, -0.2) is 37.6 Å². The van der Waals surface area contributed by atoms with E-state index in [1.807, 2.05) is 0 Å². The highest BCUT2D eigenvalue weighted by molar-refractivity contribution is 5.93. The minimum Gasteiger partial charge on any atom is -0.459 e. The van der Waals surface area contributed by atoms with Crippen molar-refractivity contribution in [2.24, 2.45) is 0 Å². The number of nitrogens with one attached hydrogen (secondary N) is 1. The summed E-state index contributed by atoms with van der Waals surface area (Å²) in [4.78, 5) is 27.2. The SMILES string of the molecule is CON(C)C(=O)CNC(=O)c1ccco1. The molecule has 0 saturated heterocycles. The van der Waals surface area contributed by atoms with Gasteiger partial charge in [0.25, 0.3) is 11.8 Å². The number of nitrogens with zero attached hydrogens (tertiary/aromatic N) is 1. The second-order valence-corrected chi connectivity index (χ2v) is 2.73. The third-order valence-corrected chi connectivity index (χ3v) is 1.77. The van der Waals surface area contributed by atoms with Gasteiger partial charge in [0.15, 0.2) is 5.76 Å². The Labute approximate surface area is 86.8 Å². The maximum Gasteiger partial charge on any atom is 0.287 e. The fourth-order valence-electron chi connectivity index (χ4n) is 0.864. The normalized spacial score (nSPS) is 9.73. The van der Waals surface area contributed by atoms with Crippen LogP contribution in [0.15, 0.2) is 22.8 Å². The van der Waals surface area contributed by atoms with Crippen LogP contribution >= 0.6 is 0 Å². The topological polar surface area (TPSA) is 71.8 Å². The summed E-state index contributed by atoms with van der Waals surface area (Å²) < 4.78 is 4.85. The van der Waals surface area contributed by atoms with Gasteiger partial charge in [-0.2, -0.15) is 0 Å². The fourth-order valence-corrected chi connectivity index (χ4v) is 0.864. The third-order valence-electron chi connectivity index (χ3n) is 1.77. The summed E-state index contributed by atoms with van der Waals surface area (Å²) in [6, 6.07) is 3.11. The number of likely N-dealkylation sites (N-methyl/N-ethyl adjacent to an activating group) is 1. The Morgan fingerprint density at radius 1 is 1.60 bits per heavy atom. The van der Waals surface area contributed by atoms with Crippen LogP contribution in [0, 0.1) is 0 Å². The van der Waals surface area contributed by atoms with E-state index >= 15 is 0 Å². The number of amides is 2. The summed E-state index contributed by atoms with van der Waals surface area (Å²) in [5.74, 6) is -0.613. The molecule has 0 aromatic carbocycles. The number of hydroxylamine groups is 2. The first-order chi connectivity index (χ1) is 7.15. The maximum atomic E-state index is 11.3. The van der Waals surface area contributed by atoms with Crippen LogP contribution in [0.3, 0.4) is 0 Å². The number of carbonyl (C=O) groups excluding carboxylic acids is 2. The number of rotatable bonds is 4. The van der Waals surface area contributed by atoms with E-state index in [1.54, 1.807) is 6.07 Å². The molecule has 0 bridgehead atoms. The number of hydrogen-bond acceptors (Lipinski definition) is 4. The predicted molar refractivity (Wildman–Crippen MR) is 50.8 cm³/mol. The molecular formula is C9H12N2O4. The lowest BCUT2D eigenvalue weighted by Crippen LogP contribution is -2.37. The van der Waals surface area contributed by atoms with Gasteiger partial charge in [0.1, 0.15) is 0 Å². The average molecular weight is 212 g/mol. The van der Waals surface area contributed by atoms with Gasteiger partial charge < -0.3 is 9.73 Å². The van der Waals surface area contributed by atoms with Crippen molar-refractivity contribution in [3.05, 3.63) is 24.2 Å². The molecular weight excluding hydrogens is 200 g/mol. The van der Waals surface area contributed by atoms with Crippen LogP contribution in [0.25, 0.3) is 0 Å². The van der Waals surface area contributed by atoms with E-state index in [9.17, 15) is 9.59 Å². The molecule has 0 aliphatic rings. The molecule has 0 saturated carbocycles. The van der Waals surface area contributed by atoms with Gasteiger partial charge in [-0.15, -0.1) is 0 Å². The largest absolute Gasteiger partial charge is 0.459 e. The van der Waals surface area contributed by atoms with Gasteiger partial charge >= 0.3 is 0 Å². The van der Waals surface area contributed by atoms with Crippen LogP contribution in [0.5, 0.6) is 0 Å². The predicted octanol–water partition coefficient (Wildman–Crippen LogP) is 0.0292. The molecule has 0 unspecified atom stereocenters. The maximum absolute atomic E-state index is 11.3. The van der Waals surface area contributed by atoms with Crippen molar-refractivity contribution in [3.8, 4) is 0 Å². The van der Waals surface area contributed by atoms with Crippen molar-refractivity contribution < 1.29 is 18.8 Å². The summed E-state index contributed by atoms with van der Waals surface area (Å²) in [5, 5.41) is 3.43. The monoisotopic (exact) mass is 212 g/mol. The molecule has 1 N–H and O–H groups in total. The second kappa shape index (κ2) is 5.16. The van der Waals surface area contributed by atoms with Crippen molar-refractivity contribution in [1.29, 1.82) is 0 Å². The van der Waals surface area contributed by atoms with Gasteiger partial charge in [0, 0.05) is 7.05 Å². The van der Waals surface area contributed by atoms with Crippen molar-refractivity contribution in [1.82, 2.24) is 10.4 Å². The number of furan rings is 1. The van der Waals surface area contributed by atoms with Crippen molar-refractivity contribution in [3.63, 3.8) is 0 Å². The first-order valence-corrected chi connectivity index (χ1v) is 4.27. The molecule has 6 heteroatoms. The first-order valence-electron chi connectivity index (χ1n) is 4.27. The van der Waals surface area contributed by atoms with E-state index in [0.29, 0.717) is 0 Å². The Kier molecular flexibility index (Phi) is 3.87. The van der Waals surface area contributed by atoms with E-state index in [2.05, 4.69) is 10.2 Å². The van der Waals surface area contributed by atoms with Crippen LogP contribution in [0.2, 0.25) is 0 Å². The Hall–Kier alpha value is -1.82. The zero-order valence-corrected chi connectivity index (χ0v) is 8.52. The molecule has 1 aromatic rings. The zero-order valence-electron chi connectivity index (χ0n) is 8.52. The van der Waals surface area contributed by atoms with Crippen LogP contribution < -0.4 is 5.32 Å². The second-order valence-electron chi connectivity index (χ2n) is 2.73. The van der Waals surface area contributed by atoms with Gasteiger partial charge in [-0.25, -0.2) is 5.06 Å². The van der Waals surface area contributed by atoms with E-state index in [4.69, 9.17) is 4.42 Å². The zero-order chi connectivity index (χ0) is 11.3. The van der Waals surface area contributed by atoms with Crippen LogP contribution in [0.1, 0.15) is 10.6 Å². The van der Waals surface area contributed by atoms with Gasteiger partial charge in [0.05, 0.1) is 19.9 Å². The van der Waals surface area contributed by atoms with Crippen molar-refractivity contribution in [2.75, 3.05) is 20.7 Å².